The van der Waals surface area contributed by atoms with E-state index in [1.807, 2.05) is 12.1 Å². The fraction of sp³-hybridized carbons (Fsp3) is 0.389. The predicted molar refractivity (Wildman–Crippen MR) is 97.6 cm³/mol. The van der Waals surface area contributed by atoms with E-state index in [1.54, 1.807) is 6.07 Å². The maximum atomic E-state index is 11.9. The van der Waals surface area contributed by atoms with Crippen LogP contribution in [0.15, 0.2) is 24.4 Å². The highest BCUT2D eigenvalue weighted by atomic mass is 16.5. The van der Waals surface area contributed by atoms with Crippen molar-refractivity contribution >= 4 is 23.5 Å². The number of carbonyl (C=O) groups is 3. The molecule has 0 aliphatic carbocycles. The Morgan fingerprint density at radius 2 is 2.18 bits per heavy atom. The molecular weight excluding hydrogens is 366 g/mol. The average molecular weight is 387 g/mol. The van der Waals surface area contributed by atoms with Crippen LogP contribution in [0.2, 0.25) is 0 Å². The lowest BCUT2D eigenvalue weighted by Gasteiger charge is -2.17. The van der Waals surface area contributed by atoms with Crippen molar-refractivity contribution in [3.8, 4) is 5.75 Å². The first kappa shape index (κ1) is 19.3. The monoisotopic (exact) mass is 387 g/mol. The number of hydrogen-bond acceptors (Lipinski definition) is 6. The Balaban J connectivity index is 1.35. The normalized spacial score (nSPS) is 12.8. The molecule has 10 heteroatoms. The summed E-state index contributed by atoms with van der Waals surface area (Å²) in [5.74, 6) is -0.421. The van der Waals surface area contributed by atoms with Gasteiger partial charge in [0, 0.05) is 18.5 Å². The van der Waals surface area contributed by atoms with Crippen molar-refractivity contribution in [2.24, 2.45) is 0 Å². The highest BCUT2D eigenvalue weighted by Gasteiger charge is 2.15. The van der Waals surface area contributed by atoms with Crippen LogP contribution < -0.4 is 15.4 Å². The molecule has 0 radical (unpaired) electrons. The van der Waals surface area contributed by atoms with Crippen LogP contribution in [-0.4, -0.2) is 44.5 Å². The smallest absolute Gasteiger partial charge is 0.325 e. The van der Waals surface area contributed by atoms with Crippen LogP contribution in [0.25, 0.3) is 0 Å². The number of nitrogens with zero attached hydrogens (tertiary/aromatic N) is 3. The van der Waals surface area contributed by atoms with Crippen LogP contribution in [0.5, 0.6) is 5.75 Å². The maximum absolute atomic E-state index is 11.9. The maximum Gasteiger partial charge on any atom is 0.325 e. The van der Waals surface area contributed by atoms with Crippen molar-refractivity contribution in [2.75, 3.05) is 11.9 Å². The second kappa shape index (κ2) is 8.98. The summed E-state index contributed by atoms with van der Waals surface area (Å²) < 4.78 is 6.87. The molecule has 2 amide bonds. The largest absolute Gasteiger partial charge is 0.494 e. The second-order valence-electron chi connectivity index (χ2n) is 6.40. The molecule has 1 aromatic carbocycles. The lowest BCUT2D eigenvalue weighted by Crippen LogP contribution is -2.23. The van der Waals surface area contributed by atoms with Gasteiger partial charge in [0.1, 0.15) is 18.0 Å². The van der Waals surface area contributed by atoms with Crippen molar-refractivity contribution in [3.63, 3.8) is 0 Å². The van der Waals surface area contributed by atoms with E-state index >= 15 is 0 Å². The van der Waals surface area contributed by atoms with Gasteiger partial charge >= 0.3 is 5.97 Å². The second-order valence-corrected chi connectivity index (χ2v) is 6.40. The molecule has 1 aliphatic heterocycles. The Labute approximate surface area is 160 Å². The Hall–Kier alpha value is -3.43. The number of aryl methyl sites for hydroxylation is 1. The molecule has 3 N–H and O–H groups in total. The van der Waals surface area contributed by atoms with E-state index < -0.39 is 5.97 Å². The number of carbonyl (C=O) groups excluding carboxylic acids is 2. The molecule has 1 aliphatic rings. The molecule has 0 saturated heterocycles. The molecule has 3 rings (SSSR count). The van der Waals surface area contributed by atoms with E-state index in [4.69, 9.17) is 9.84 Å². The summed E-state index contributed by atoms with van der Waals surface area (Å²) in [4.78, 5) is 33.8. The van der Waals surface area contributed by atoms with Gasteiger partial charge in [-0.2, -0.15) is 0 Å². The number of aromatic nitrogens is 3. The van der Waals surface area contributed by atoms with Crippen molar-refractivity contribution in [3.05, 3.63) is 35.7 Å². The highest BCUT2D eigenvalue weighted by molar-refractivity contribution is 5.94. The van der Waals surface area contributed by atoms with Crippen LogP contribution in [-0.2, 0) is 33.9 Å². The van der Waals surface area contributed by atoms with Crippen molar-refractivity contribution in [1.29, 1.82) is 0 Å². The van der Waals surface area contributed by atoms with Crippen LogP contribution in [0.3, 0.4) is 0 Å². The minimum absolute atomic E-state index is 0.0246. The summed E-state index contributed by atoms with van der Waals surface area (Å²) in [6, 6.07) is 5.53. The fourth-order valence-electron chi connectivity index (χ4n) is 2.79. The van der Waals surface area contributed by atoms with Crippen LogP contribution in [0, 0.1) is 0 Å². The number of amides is 2. The van der Waals surface area contributed by atoms with Gasteiger partial charge in [-0.05, 0) is 36.6 Å². The van der Waals surface area contributed by atoms with Crippen molar-refractivity contribution < 1.29 is 24.2 Å². The third-order valence-electron chi connectivity index (χ3n) is 4.14. The predicted octanol–water partition coefficient (Wildman–Crippen LogP) is 0.723. The van der Waals surface area contributed by atoms with Crippen LogP contribution >= 0.6 is 0 Å². The van der Waals surface area contributed by atoms with E-state index in [0.29, 0.717) is 43.7 Å². The number of benzene rings is 1. The molecule has 1 aromatic heterocycles. The minimum Gasteiger partial charge on any atom is -0.494 e. The Morgan fingerprint density at radius 1 is 1.32 bits per heavy atom. The zero-order valence-electron chi connectivity index (χ0n) is 15.2. The van der Waals surface area contributed by atoms with Gasteiger partial charge in [0.2, 0.25) is 11.8 Å². The van der Waals surface area contributed by atoms with Gasteiger partial charge in [-0.1, -0.05) is 5.21 Å². The topological polar surface area (TPSA) is 135 Å². The van der Waals surface area contributed by atoms with Gasteiger partial charge in [0.25, 0.3) is 0 Å². The molecule has 0 saturated carbocycles. The molecule has 2 aromatic rings. The number of rotatable bonds is 9. The fourth-order valence-corrected chi connectivity index (χ4v) is 2.79. The Bertz CT molecular complexity index is 879. The first-order valence-corrected chi connectivity index (χ1v) is 8.92. The lowest BCUT2D eigenvalue weighted by atomic mass is 10.0. The van der Waals surface area contributed by atoms with Crippen LogP contribution in [0.1, 0.15) is 30.5 Å². The summed E-state index contributed by atoms with van der Waals surface area (Å²) in [5.41, 5.74) is 2.36. The zero-order chi connectivity index (χ0) is 19.9. The minimum atomic E-state index is -1.01. The van der Waals surface area contributed by atoms with Crippen molar-refractivity contribution in [1.82, 2.24) is 20.3 Å². The number of aliphatic carboxylic acids is 1. The number of hydrogen-bond donors (Lipinski definition) is 3. The average Bonchev–Trinajstić information content (AvgIpc) is 3.10. The van der Waals surface area contributed by atoms with Gasteiger partial charge in [-0.15, -0.1) is 5.10 Å². The molecule has 0 spiro atoms. The van der Waals surface area contributed by atoms with Gasteiger partial charge in [0.05, 0.1) is 19.3 Å². The lowest BCUT2D eigenvalue weighted by molar-refractivity contribution is -0.138. The molecule has 0 bridgehead atoms. The van der Waals surface area contributed by atoms with E-state index in [0.717, 1.165) is 11.3 Å². The highest BCUT2D eigenvalue weighted by Crippen LogP contribution is 2.26. The quantitative estimate of drug-likeness (QED) is 0.540. The molecule has 0 atom stereocenters. The van der Waals surface area contributed by atoms with E-state index in [-0.39, 0.29) is 24.9 Å². The molecule has 2 heterocycles. The summed E-state index contributed by atoms with van der Waals surface area (Å²) in [6.07, 6.45) is 3.49. The molecule has 10 nitrogen and oxygen atoms in total. The SMILES string of the molecule is O=C(O)Cn1cc(CNC(=O)CCCOc2ccc3c(c2)CCC(=O)N3)nn1. The number of ether oxygens (including phenoxy) is 1. The summed E-state index contributed by atoms with van der Waals surface area (Å²) in [5, 5.41) is 21.7. The third kappa shape index (κ3) is 5.53. The van der Waals surface area contributed by atoms with E-state index in [1.165, 1.54) is 10.9 Å². The van der Waals surface area contributed by atoms with Gasteiger partial charge in [0.15, 0.2) is 0 Å². The summed E-state index contributed by atoms with van der Waals surface area (Å²) >= 11 is 0. The van der Waals surface area contributed by atoms with Crippen LogP contribution in [0.4, 0.5) is 5.69 Å². The molecule has 28 heavy (non-hydrogen) atoms. The Morgan fingerprint density at radius 3 is 3.00 bits per heavy atom. The number of anilines is 1. The number of nitrogens with one attached hydrogen (secondary N) is 2. The van der Waals surface area contributed by atoms with Gasteiger partial charge < -0.3 is 20.5 Å². The third-order valence-corrected chi connectivity index (χ3v) is 4.14. The molecule has 0 unspecified atom stereocenters. The molecule has 148 valence electrons. The first-order valence-electron chi connectivity index (χ1n) is 8.92. The number of carboxylic acids is 1. The molecular formula is C18H21N5O5. The Kier molecular flexibility index (Phi) is 6.20. The number of carboxylic acid groups (broad SMARTS) is 1. The zero-order valence-corrected chi connectivity index (χ0v) is 15.2. The standard InChI is InChI=1S/C18H21N5O5/c24-16(19-9-13-10-23(22-21-13)11-18(26)27)2-1-7-28-14-4-5-15-12(8-14)3-6-17(25)20-15/h4-5,8,10H,1-3,6-7,9,11H2,(H,19,24)(H,20,25)(H,26,27). The summed E-state index contributed by atoms with van der Waals surface area (Å²) in [7, 11) is 0. The van der Waals surface area contributed by atoms with E-state index in [9.17, 15) is 14.4 Å². The van der Waals surface area contributed by atoms with Gasteiger partial charge in [-0.25, -0.2) is 4.68 Å². The first-order chi connectivity index (χ1) is 13.5. The molecule has 0 fully saturated rings. The van der Waals surface area contributed by atoms with E-state index in [2.05, 4.69) is 20.9 Å². The van der Waals surface area contributed by atoms with Gasteiger partial charge in [-0.3, -0.25) is 14.4 Å². The van der Waals surface area contributed by atoms with Crippen molar-refractivity contribution in [2.45, 2.75) is 38.8 Å². The number of fused-ring (bicyclic) bond motifs is 1. The summed E-state index contributed by atoms with van der Waals surface area (Å²) in [6.45, 7) is 0.316.